The van der Waals surface area contributed by atoms with Gasteiger partial charge in [0, 0.05) is 23.0 Å². The van der Waals surface area contributed by atoms with Crippen molar-refractivity contribution in [3.8, 4) is 17.4 Å². The molecule has 0 radical (unpaired) electrons. The van der Waals surface area contributed by atoms with E-state index in [-0.39, 0.29) is 23.6 Å². The van der Waals surface area contributed by atoms with Crippen molar-refractivity contribution in [1.29, 1.82) is 0 Å². The van der Waals surface area contributed by atoms with Crippen LogP contribution in [-0.4, -0.2) is 14.8 Å². The van der Waals surface area contributed by atoms with E-state index in [1.165, 1.54) is 0 Å². The number of hydrogen-bond acceptors (Lipinski definition) is 2. The maximum absolute atomic E-state index is 10.5. The van der Waals surface area contributed by atoms with Crippen LogP contribution in [-0.2, 0) is 0 Å². The summed E-state index contributed by atoms with van der Waals surface area (Å²) in [6.45, 7) is 1.98. The van der Waals surface area contributed by atoms with Gasteiger partial charge in [0.2, 0.25) is 11.8 Å². The minimum absolute atomic E-state index is 0.193. The van der Waals surface area contributed by atoms with Crippen LogP contribution in [0, 0.1) is 6.92 Å². The molecule has 2 bridgehead atoms. The SMILES string of the molecule is Cc1ccccc1-n1c(O)c2c(c1O)C1C=CC2C1. The lowest BCUT2D eigenvalue weighted by molar-refractivity contribution is 0.395. The zero-order chi connectivity index (χ0) is 13.1. The predicted octanol–water partition coefficient (Wildman–Crippen LogP) is 3.34. The van der Waals surface area contributed by atoms with E-state index in [1.807, 2.05) is 31.2 Å². The van der Waals surface area contributed by atoms with Crippen LogP contribution in [0.5, 0.6) is 11.8 Å². The lowest BCUT2D eigenvalue weighted by Gasteiger charge is -2.12. The van der Waals surface area contributed by atoms with Gasteiger partial charge in [-0.05, 0) is 25.0 Å². The Hall–Kier alpha value is -2.16. The number of hydrogen-bond donors (Lipinski definition) is 2. The van der Waals surface area contributed by atoms with E-state index in [0.717, 1.165) is 28.8 Å². The first kappa shape index (κ1) is 10.7. The Morgan fingerprint density at radius 2 is 1.58 bits per heavy atom. The third-order valence-electron chi connectivity index (χ3n) is 4.38. The molecule has 0 fully saturated rings. The number of aryl methyl sites for hydroxylation is 1. The van der Waals surface area contributed by atoms with Crippen LogP contribution >= 0.6 is 0 Å². The van der Waals surface area contributed by atoms with E-state index < -0.39 is 0 Å². The minimum Gasteiger partial charge on any atom is -0.494 e. The lowest BCUT2D eigenvalue weighted by atomic mass is 10.0. The van der Waals surface area contributed by atoms with Crippen LogP contribution in [0.1, 0.15) is 34.9 Å². The van der Waals surface area contributed by atoms with Crippen LogP contribution < -0.4 is 0 Å². The summed E-state index contributed by atoms with van der Waals surface area (Å²) in [5.74, 6) is 0.907. The number of para-hydroxylation sites is 1. The third-order valence-corrected chi connectivity index (χ3v) is 4.38. The fraction of sp³-hybridized carbons (Fsp3) is 0.250. The van der Waals surface area contributed by atoms with Crippen LogP contribution in [0.15, 0.2) is 36.4 Å². The molecule has 3 nitrogen and oxygen atoms in total. The standard InChI is InChI=1S/C16H15NO2/c1-9-4-2-3-5-12(9)17-15(18)13-10-6-7-11(8-10)14(13)16(17)19/h2-7,10-11,18-19H,8H2,1H3. The molecule has 4 rings (SSSR count). The summed E-state index contributed by atoms with van der Waals surface area (Å²) in [5, 5.41) is 21.0. The summed E-state index contributed by atoms with van der Waals surface area (Å²) < 4.78 is 1.58. The highest BCUT2D eigenvalue weighted by atomic mass is 16.3. The zero-order valence-corrected chi connectivity index (χ0v) is 10.7. The highest BCUT2D eigenvalue weighted by Crippen LogP contribution is 2.57. The molecule has 0 saturated heterocycles. The second kappa shape index (κ2) is 3.44. The summed E-state index contributed by atoms with van der Waals surface area (Å²) in [7, 11) is 0. The number of benzene rings is 1. The zero-order valence-electron chi connectivity index (χ0n) is 10.7. The summed E-state index contributed by atoms with van der Waals surface area (Å²) in [4.78, 5) is 0. The van der Waals surface area contributed by atoms with Crippen molar-refractivity contribution in [1.82, 2.24) is 4.57 Å². The predicted molar refractivity (Wildman–Crippen MR) is 73.1 cm³/mol. The van der Waals surface area contributed by atoms with Gasteiger partial charge in [0.25, 0.3) is 0 Å². The van der Waals surface area contributed by atoms with Crippen LogP contribution in [0.2, 0.25) is 0 Å². The number of aromatic nitrogens is 1. The molecule has 0 aliphatic heterocycles. The van der Waals surface area contributed by atoms with Crippen molar-refractivity contribution in [3.05, 3.63) is 53.1 Å². The van der Waals surface area contributed by atoms with Crippen LogP contribution in [0.3, 0.4) is 0 Å². The van der Waals surface area contributed by atoms with Crippen molar-refractivity contribution >= 4 is 0 Å². The average Bonchev–Trinajstić information content (AvgIpc) is 3.06. The molecule has 2 aliphatic carbocycles. The number of aromatic hydroxyl groups is 2. The molecule has 96 valence electrons. The Morgan fingerprint density at radius 3 is 2.16 bits per heavy atom. The highest BCUT2D eigenvalue weighted by molar-refractivity contribution is 5.62. The highest BCUT2D eigenvalue weighted by Gasteiger charge is 2.41. The molecular formula is C16H15NO2. The van der Waals surface area contributed by atoms with Crippen molar-refractivity contribution in [2.75, 3.05) is 0 Å². The fourth-order valence-corrected chi connectivity index (χ4v) is 3.48. The maximum Gasteiger partial charge on any atom is 0.202 e. The molecule has 0 saturated carbocycles. The Morgan fingerprint density at radius 1 is 1.00 bits per heavy atom. The molecule has 2 aliphatic rings. The molecule has 2 aromatic rings. The first-order valence-electron chi connectivity index (χ1n) is 6.59. The topological polar surface area (TPSA) is 45.4 Å². The van der Waals surface area contributed by atoms with E-state index in [2.05, 4.69) is 12.2 Å². The van der Waals surface area contributed by atoms with Gasteiger partial charge in [-0.15, -0.1) is 0 Å². The van der Waals surface area contributed by atoms with Crippen molar-refractivity contribution in [2.45, 2.75) is 25.2 Å². The summed E-state index contributed by atoms with van der Waals surface area (Å²) in [5.41, 5.74) is 3.69. The normalized spacial score (nSPS) is 23.0. The molecule has 19 heavy (non-hydrogen) atoms. The Balaban J connectivity index is 2.00. The summed E-state index contributed by atoms with van der Waals surface area (Å²) in [6, 6.07) is 7.76. The molecule has 1 heterocycles. The Bertz CT molecular complexity index is 676. The van der Waals surface area contributed by atoms with Crippen molar-refractivity contribution in [3.63, 3.8) is 0 Å². The van der Waals surface area contributed by atoms with Crippen molar-refractivity contribution < 1.29 is 10.2 Å². The number of rotatable bonds is 1. The second-order valence-electron chi connectivity index (χ2n) is 5.43. The van der Waals surface area contributed by atoms with E-state index in [9.17, 15) is 10.2 Å². The van der Waals surface area contributed by atoms with Gasteiger partial charge in [0.15, 0.2) is 0 Å². The first-order valence-corrected chi connectivity index (χ1v) is 6.59. The van der Waals surface area contributed by atoms with Gasteiger partial charge in [0.1, 0.15) is 0 Å². The molecule has 0 amide bonds. The van der Waals surface area contributed by atoms with Gasteiger partial charge >= 0.3 is 0 Å². The largest absolute Gasteiger partial charge is 0.494 e. The molecule has 2 unspecified atom stereocenters. The molecule has 2 N–H and O–H groups in total. The van der Waals surface area contributed by atoms with E-state index in [1.54, 1.807) is 4.57 Å². The molecular weight excluding hydrogens is 238 g/mol. The quantitative estimate of drug-likeness (QED) is 0.766. The number of allylic oxidation sites excluding steroid dienone is 2. The lowest BCUT2D eigenvalue weighted by Crippen LogP contribution is -1.97. The van der Waals surface area contributed by atoms with E-state index >= 15 is 0 Å². The molecule has 2 atom stereocenters. The van der Waals surface area contributed by atoms with Gasteiger partial charge in [-0.1, -0.05) is 30.4 Å². The van der Waals surface area contributed by atoms with Crippen molar-refractivity contribution in [2.24, 2.45) is 0 Å². The fourth-order valence-electron chi connectivity index (χ4n) is 3.48. The van der Waals surface area contributed by atoms with Crippen LogP contribution in [0.4, 0.5) is 0 Å². The van der Waals surface area contributed by atoms with Gasteiger partial charge in [-0.2, -0.15) is 0 Å². The van der Waals surface area contributed by atoms with Crippen LogP contribution in [0.25, 0.3) is 5.69 Å². The monoisotopic (exact) mass is 253 g/mol. The van der Waals surface area contributed by atoms with Gasteiger partial charge in [-0.3, -0.25) is 4.57 Å². The van der Waals surface area contributed by atoms with E-state index in [4.69, 9.17) is 0 Å². The molecule has 1 aromatic carbocycles. The van der Waals surface area contributed by atoms with Gasteiger partial charge < -0.3 is 10.2 Å². The first-order chi connectivity index (χ1) is 9.18. The second-order valence-corrected chi connectivity index (χ2v) is 5.43. The summed E-state index contributed by atoms with van der Waals surface area (Å²) >= 11 is 0. The Labute approximate surface area is 111 Å². The smallest absolute Gasteiger partial charge is 0.202 e. The number of nitrogens with zero attached hydrogens (tertiary/aromatic N) is 1. The molecule has 0 spiro atoms. The molecule has 3 heteroatoms. The number of fused-ring (bicyclic) bond motifs is 5. The minimum atomic E-state index is 0.193. The molecule has 1 aromatic heterocycles. The third kappa shape index (κ3) is 1.22. The van der Waals surface area contributed by atoms with Gasteiger partial charge in [-0.25, -0.2) is 0 Å². The average molecular weight is 253 g/mol. The summed E-state index contributed by atoms with van der Waals surface area (Å²) in [6.07, 6.45) is 5.25. The van der Waals surface area contributed by atoms with Gasteiger partial charge in [0.05, 0.1) is 5.69 Å². The Kier molecular flexibility index (Phi) is 1.94. The van der Waals surface area contributed by atoms with E-state index in [0.29, 0.717) is 0 Å². The maximum atomic E-state index is 10.5.